The Morgan fingerprint density at radius 1 is 1.13 bits per heavy atom. The van der Waals surface area contributed by atoms with Crippen LogP contribution in [0.2, 0.25) is 5.02 Å². The minimum atomic E-state index is -3.54. The van der Waals surface area contributed by atoms with E-state index in [1.54, 1.807) is 23.5 Å². The van der Waals surface area contributed by atoms with Gasteiger partial charge >= 0.3 is 0 Å². The van der Waals surface area contributed by atoms with Crippen molar-refractivity contribution < 1.29 is 13.2 Å². The van der Waals surface area contributed by atoms with Crippen molar-refractivity contribution in [2.45, 2.75) is 36.8 Å². The molecule has 1 saturated heterocycles. The lowest BCUT2D eigenvalue weighted by Gasteiger charge is -2.31. The van der Waals surface area contributed by atoms with Gasteiger partial charge in [-0.2, -0.15) is 0 Å². The van der Waals surface area contributed by atoms with Crippen molar-refractivity contribution in [2.75, 3.05) is 25.1 Å². The summed E-state index contributed by atoms with van der Waals surface area (Å²) >= 11 is 7.67. The first-order chi connectivity index (χ1) is 14.8. The van der Waals surface area contributed by atoms with Crippen LogP contribution in [-0.2, 0) is 9.84 Å². The first-order valence-corrected chi connectivity index (χ1v) is 13.0. The summed E-state index contributed by atoms with van der Waals surface area (Å²) in [4.78, 5) is 7.22. The molecule has 0 atom stereocenters. The quantitative estimate of drug-likeness (QED) is 0.484. The number of aromatic nitrogens is 1. The number of hydrogen-bond donors (Lipinski definition) is 0. The van der Waals surface area contributed by atoms with Gasteiger partial charge in [0.05, 0.1) is 18.1 Å². The minimum absolute atomic E-state index is 0.174. The number of methoxy groups -OCH3 is 1. The van der Waals surface area contributed by atoms with Crippen LogP contribution in [0.1, 0.15) is 24.0 Å². The summed E-state index contributed by atoms with van der Waals surface area (Å²) < 4.78 is 31.8. The highest BCUT2D eigenvalue weighted by molar-refractivity contribution is 7.92. The highest BCUT2D eigenvalue weighted by Gasteiger charge is 2.34. The van der Waals surface area contributed by atoms with Crippen LogP contribution in [0.3, 0.4) is 0 Å². The number of halogens is 1. The van der Waals surface area contributed by atoms with Crippen LogP contribution in [0.25, 0.3) is 11.3 Å². The number of sulfone groups is 1. The fourth-order valence-corrected chi connectivity index (χ4v) is 7.17. The van der Waals surface area contributed by atoms with Crippen molar-refractivity contribution in [2.24, 2.45) is 0 Å². The third kappa shape index (κ3) is 4.31. The van der Waals surface area contributed by atoms with Gasteiger partial charge < -0.3 is 9.64 Å². The van der Waals surface area contributed by atoms with Crippen LogP contribution in [0.4, 0.5) is 5.13 Å². The third-order valence-electron chi connectivity index (χ3n) is 5.81. The lowest BCUT2D eigenvalue weighted by Crippen LogP contribution is -2.39. The number of piperidine rings is 1. The molecule has 31 heavy (non-hydrogen) atoms. The van der Waals surface area contributed by atoms with Crippen LogP contribution in [0.15, 0.2) is 46.7 Å². The molecule has 0 N–H and O–H groups in total. The fraction of sp³-hybridized carbons (Fsp3) is 0.348. The monoisotopic (exact) mass is 476 g/mol. The van der Waals surface area contributed by atoms with Gasteiger partial charge in [-0.15, -0.1) is 11.3 Å². The van der Waals surface area contributed by atoms with Gasteiger partial charge in [0.15, 0.2) is 15.0 Å². The molecule has 4 rings (SSSR count). The van der Waals surface area contributed by atoms with Gasteiger partial charge in [0, 0.05) is 29.1 Å². The average molecular weight is 477 g/mol. The summed E-state index contributed by atoms with van der Waals surface area (Å²) in [7, 11) is -2.06. The summed E-state index contributed by atoms with van der Waals surface area (Å²) in [6.45, 7) is 5.49. The lowest BCUT2D eigenvalue weighted by molar-refractivity contribution is 0.402. The number of thiazole rings is 1. The first-order valence-electron chi connectivity index (χ1n) is 10.2. The molecule has 1 fully saturated rings. The van der Waals surface area contributed by atoms with Crippen molar-refractivity contribution in [1.82, 2.24) is 4.98 Å². The van der Waals surface area contributed by atoms with E-state index >= 15 is 0 Å². The van der Waals surface area contributed by atoms with E-state index in [2.05, 4.69) is 42.3 Å². The molecule has 0 saturated carbocycles. The maximum Gasteiger partial charge on any atom is 0.185 e. The Kier molecular flexibility index (Phi) is 6.28. The number of rotatable bonds is 5. The highest BCUT2D eigenvalue weighted by Crippen LogP contribution is 2.36. The smallest absolute Gasteiger partial charge is 0.185 e. The molecule has 0 aliphatic carbocycles. The maximum atomic E-state index is 13.3. The Bertz CT molecular complexity index is 1180. The largest absolute Gasteiger partial charge is 0.495 e. The number of aryl methyl sites for hydroxylation is 2. The lowest BCUT2D eigenvalue weighted by atomic mass is 10.0. The SMILES string of the molecule is COc1ccc(Cl)cc1S(=O)(=O)C1CCN(c2nc(-c3c(C)cccc3C)cs2)CC1. The molecule has 2 aromatic carbocycles. The second kappa shape index (κ2) is 8.81. The molecular weight excluding hydrogens is 452 g/mol. The van der Waals surface area contributed by atoms with Gasteiger partial charge in [-0.25, -0.2) is 13.4 Å². The summed E-state index contributed by atoms with van der Waals surface area (Å²) in [5, 5.41) is 2.95. The van der Waals surface area contributed by atoms with E-state index in [-0.39, 0.29) is 4.90 Å². The molecular formula is C23H25ClN2O3S2. The molecule has 1 aliphatic heterocycles. The van der Waals surface area contributed by atoms with Crippen molar-refractivity contribution in [3.8, 4) is 17.0 Å². The van der Waals surface area contributed by atoms with E-state index < -0.39 is 15.1 Å². The average Bonchev–Trinajstić information content (AvgIpc) is 3.23. The van der Waals surface area contributed by atoms with E-state index in [1.165, 1.54) is 29.9 Å². The van der Waals surface area contributed by atoms with Gasteiger partial charge in [0.25, 0.3) is 0 Å². The van der Waals surface area contributed by atoms with Crippen LogP contribution in [-0.4, -0.2) is 38.9 Å². The second-order valence-electron chi connectivity index (χ2n) is 7.81. The normalized spacial score (nSPS) is 15.3. The molecule has 1 aliphatic rings. The molecule has 0 amide bonds. The predicted molar refractivity (Wildman–Crippen MR) is 127 cm³/mol. The molecule has 5 nitrogen and oxygen atoms in total. The molecule has 164 valence electrons. The van der Waals surface area contributed by atoms with E-state index in [0.29, 0.717) is 36.7 Å². The zero-order valence-electron chi connectivity index (χ0n) is 17.8. The molecule has 1 aromatic heterocycles. The number of nitrogens with zero attached hydrogens (tertiary/aromatic N) is 2. The van der Waals surface area contributed by atoms with Gasteiger partial charge in [0.1, 0.15) is 10.6 Å². The van der Waals surface area contributed by atoms with Crippen molar-refractivity contribution in [1.29, 1.82) is 0 Å². The van der Waals surface area contributed by atoms with Crippen molar-refractivity contribution in [3.63, 3.8) is 0 Å². The maximum absolute atomic E-state index is 13.3. The molecule has 8 heteroatoms. The molecule has 0 radical (unpaired) electrons. The van der Waals surface area contributed by atoms with Gasteiger partial charge in [-0.1, -0.05) is 29.8 Å². The van der Waals surface area contributed by atoms with E-state index in [1.807, 2.05) is 0 Å². The molecule has 0 bridgehead atoms. The standard InChI is InChI=1S/C23H25ClN2O3S2/c1-15-5-4-6-16(2)22(15)19-14-30-23(25-19)26-11-9-18(10-12-26)31(27,28)21-13-17(24)7-8-20(21)29-3/h4-8,13-14,18H,9-12H2,1-3H3. The Morgan fingerprint density at radius 2 is 1.81 bits per heavy atom. The first kappa shape index (κ1) is 22.1. The predicted octanol–water partition coefficient (Wildman–Crippen LogP) is 5.53. The van der Waals surface area contributed by atoms with Crippen LogP contribution < -0.4 is 9.64 Å². The van der Waals surface area contributed by atoms with E-state index in [0.717, 1.165) is 10.8 Å². The summed E-state index contributed by atoms with van der Waals surface area (Å²) in [5.74, 6) is 0.338. The number of anilines is 1. The Morgan fingerprint density at radius 3 is 2.45 bits per heavy atom. The summed E-state index contributed by atoms with van der Waals surface area (Å²) in [6.07, 6.45) is 1.08. The van der Waals surface area contributed by atoms with Gasteiger partial charge in [0.2, 0.25) is 0 Å². The van der Waals surface area contributed by atoms with E-state index in [4.69, 9.17) is 21.3 Å². The van der Waals surface area contributed by atoms with Crippen LogP contribution >= 0.6 is 22.9 Å². The third-order valence-corrected chi connectivity index (χ3v) is 9.23. The summed E-state index contributed by atoms with van der Waals surface area (Å²) in [6, 6.07) is 11.0. The number of hydrogen-bond acceptors (Lipinski definition) is 6. The zero-order valence-corrected chi connectivity index (χ0v) is 20.1. The minimum Gasteiger partial charge on any atom is -0.495 e. The van der Waals surface area contributed by atoms with Gasteiger partial charge in [-0.3, -0.25) is 0 Å². The van der Waals surface area contributed by atoms with Gasteiger partial charge in [-0.05, 0) is 56.0 Å². The Balaban J connectivity index is 1.51. The van der Waals surface area contributed by atoms with E-state index in [9.17, 15) is 8.42 Å². The molecule has 0 unspecified atom stereocenters. The Hall–Kier alpha value is -2.09. The fourth-order valence-electron chi connectivity index (χ4n) is 4.15. The molecule has 3 aromatic rings. The molecule has 2 heterocycles. The molecule has 0 spiro atoms. The topological polar surface area (TPSA) is 59.5 Å². The van der Waals surface area contributed by atoms with Crippen molar-refractivity contribution in [3.05, 3.63) is 57.9 Å². The number of ether oxygens (including phenoxy) is 1. The number of benzene rings is 2. The zero-order chi connectivity index (χ0) is 22.2. The second-order valence-corrected chi connectivity index (χ2v) is 11.3. The van der Waals surface area contributed by atoms with Crippen LogP contribution in [0, 0.1) is 13.8 Å². The summed E-state index contributed by atoms with van der Waals surface area (Å²) in [5.41, 5.74) is 4.57. The van der Waals surface area contributed by atoms with Crippen molar-refractivity contribution >= 4 is 37.9 Å². The Labute approximate surface area is 192 Å². The van der Waals surface area contributed by atoms with Crippen LogP contribution in [0.5, 0.6) is 5.75 Å². The highest BCUT2D eigenvalue weighted by atomic mass is 35.5.